The molecule has 1 aromatic heterocycles. The smallest absolute Gasteiger partial charge is 0.490 e. The van der Waals surface area contributed by atoms with Gasteiger partial charge in [-0.25, -0.2) is 4.79 Å². The summed E-state index contributed by atoms with van der Waals surface area (Å²) in [6.07, 6.45) is -4.22. The molecule has 0 saturated carbocycles. The molecule has 0 fully saturated rings. The summed E-state index contributed by atoms with van der Waals surface area (Å²) in [6.45, 7) is 5.05. The van der Waals surface area contributed by atoms with Gasteiger partial charge in [0.05, 0.1) is 30.9 Å². The molecule has 1 heterocycles. The number of nitrogens with one attached hydrogen (secondary N) is 3. The number of ether oxygens (including phenoxy) is 2. The standard InChI is InChI=1S/C30H31N3O6.C2HF3O2/c1-18(2)31-14-13-19-9-11-20(12-10-19)32-29(35)22-15-26(37-3)27(38-4)16-23(22)33-30(36)28-17-24(34)21-7-5-6-8-25(21)39-28;3-2(4,5)1(6)7/h5-12,15-18,31H,13-14H2,1-4H3,(H,32,35)(H,33,36);(H,6,7). The molecule has 0 radical (unpaired) electrons. The lowest BCUT2D eigenvalue weighted by atomic mass is 10.1. The van der Waals surface area contributed by atoms with Crippen LogP contribution in [-0.4, -0.2) is 55.9 Å². The zero-order valence-electron chi connectivity index (χ0n) is 25.3. The number of hydrogen-bond donors (Lipinski definition) is 4. The van der Waals surface area contributed by atoms with E-state index in [1.165, 1.54) is 26.4 Å². The molecule has 4 N–H and O–H groups in total. The monoisotopic (exact) mass is 643 g/mol. The van der Waals surface area contributed by atoms with Crippen LogP contribution in [0, 0.1) is 0 Å². The minimum absolute atomic E-state index is 0.134. The van der Waals surface area contributed by atoms with E-state index in [0.29, 0.717) is 28.6 Å². The van der Waals surface area contributed by atoms with Gasteiger partial charge in [-0.1, -0.05) is 38.1 Å². The Labute approximate surface area is 261 Å². The number of carbonyl (C=O) groups excluding carboxylic acids is 2. The number of halogens is 3. The van der Waals surface area contributed by atoms with Gasteiger partial charge in [0.15, 0.2) is 22.7 Å². The maximum absolute atomic E-state index is 13.3. The number of carboxylic acids is 1. The van der Waals surface area contributed by atoms with Gasteiger partial charge in [0.1, 0.15) is 5.58 Å². The fourth-order valence-electron chi connectivity index (χ4n) is 4.03. The Morgan fingerprint density at radius 1 is 0.891 bits per heavy atom. The first-order chi connectivity index (χ1) is 21.7. The third-order valence-electron chi connectivity index (χ3n) is 6.30. The van der Waals surface area contributed by atoms with Gasteiger partial charge in [-0.2, -0.15) is 13.2 Å². The van der Waals surface area contributed by atoms with Gasteiger partial charge in [-0.05, 0) is 48.9 Å². The van der Waals surface area contributed by atoms with Crippen LogP contribution in [-0.2, 0) is 11.2 Å². The highest BCUT2D eigenvalue weighted by Gasteiger charge is 2.38. The summed E-state index contributed by atoms with van der Waals surface area (Å²) in [5.41, 5.74) is 1.95. The zero-order valence-corrected chi connectivity index (χ0v) is 25.3. The van der Waals surface area contributed by atoms with E-state index in [2.05, 4.69) is 29.8 Å². The molecule has 46 heavy (non-hydrogen) atoms. The van der Waals surface area contributed by atoms with Crippen LogP contribution >= 0.6 is 0 Å². The number of rotatable bonds is 10. The maximum Gasteiger partial charge on any atom is 0.490 e. The van der Waals surface area contributed by atoms with E-state index in [-0.39, 0.29) is 28.0 Å². The normalized spacial score (nSPS) is 11.0. The summed E-state index contributed by atoms with van der Waals surface area (Å²) >= 11 is 0. The Morgan fingerprint density at radius 3 is 2.09 bits per heavy atom. The van der Waals surface area contributed by atoms with Gasteiger partial charge >= 0.3 is 12.1 Å². The summed E-state index contributed by atoms with van der Waals surface area (Å²) in [5, 5.41) is 16.4. The summed E-state index contributed by atoms with van der Waals surface area (Å²) < 4.78 is 48.1. The molecule has 4 rings (SSSR count). The molecule has 0 unspecified atom stereocenters. The molecule has 0 atom stereocenters. The van der Waals surface area contributed by atoms with Crippen molar-refractivity contribution in [1.29, 1.82) is 0 Å². The number of benzene rings is 3. The molecular weight excluding hydrogens is 611 g/mol. The minimum atomic E-state index is -5.08. The van der Waals surface area contributed by atoms with E-state index >= 15 is 0 Å². The summed E-state index contributed by atoms with van der Waals surface area (Å²) in [6, 6.07) is 18.7. The fourth-order valence-corrected chi connectivity index (χ4v) is 4.03. The van der Waals surface area contributed by atoms with Crippen molar-refractivity contribution in [3.05, 3.63) is 93.8 Å². The number of carbonyl (C=O) groups is 3. The Kier molecular flexibility index (Phi) is 11.9. The average molecular weight is 644 g/mol. The number of amides is 2. The molecule has 14 heteroatoms. The number of aliphatic carboxylic acids is 1. The van der Waals surface area contributed by atoms with Gasteiger partial charge < -0.3 is 34.9 Å². The second-order valence-corrected chi connectivity index (χ2v) is 9.99. The quantitative estimate of drug-likeness (QED) is 0.176. The topological polar surface area (TPSA) is 156 Å². The van der Waals surface area contributed by atoms with E-state index in [4.69, 9.17) is 23.8 Å². The van der Waals surface area contributed by atoms with Crippen molar-refractivity contribution < 1.29 is 46.6 Å². The van der Waals surface area contributed by atoms with E-state index in [9.17, 15) is 27.6 Å². The van der Waals surface area contributed by atoms with Crippen LogP contribution in [0.5, 0.6) is 11.5 Å². The Hall–Kier alpha value is -5.37. The Bertz CT molecular complexity index is 1750. The van der Waals surface area contributed by atoms with Crippen LogP contribution in [0.1, 0.15) is 40.3 Å². The van der Waals surface area contributed by atoms with Crippen LogP contribution in [0.3, 0.4) is 0 Å². The number of para-hydroxylation sites is 1. The first-order valence-corrected chi connectivity index (χ1v) is 13.8. The summed E-state index contributed by atoms with van der Waals surface area (Å²) in [4.78, 5) is 47.8. The minimum Gasteiger partial charge on any atom is -0.493 e. The van der Waals surface area contributed by atoms with E-state index in [0.717, 1.165) is 24.6 Å². The molecule has 3 aromatic carbocycles. The van der Waals surface area contributed by atoms with Gasteiger partial charge in [-0.3, -0.25) is 14.4 Å². The van der Waals surface area contributed by atoms with E-state index in [1.807, 2.05) is 24.3 Å². The van der Waals surface area contributed by atoms with Crippen LogP contribution in [0.15, 0.2) is 75.9 Å². The molecule has 0 aliphatic rings. The largest absolute Gasteiger partial charge is 0.493 e. The van der Waals surface area contributed by atoms with Gasteiger partial charge in [0, 0.05) is 23.9 Å². The third kappa shape index (κ3) is 9.56. The van der Waals surface area contributed by atoms with Gasteiger partial charge in [-0.15, -0.1) is 0 Å². The molecule has 0 aliphatic heterocycles. The molecule has 4 aromatic rings. The molecule has 244 valence electrons. The molecule has 0 saturated heterocycles. The van der Waals surface area contributed by atoms with E-state index < -0.39 is 24.0 Å². The number of anilines is 2. The van der Waals surface area contributed by atoms with Crippen molar-refractivity contribution in [3.63, 3.8) is 0 Å². The molecule has 0 aliphatic carbocycles. The number of fused-ring (bicyclic) bond motifs is 1. The van der Waals surface area contributed by atoms with Crippen LogP contribution in [0.2, 0.25) is 0 Å². The first-order valence-electron chi connectivity index (χ1n) is 13.8. The van der Waals surface area contributed by atoms with Crippen molar-refractivity contribution >= 4 is 40.1 Å². The molecular formula is C32H32F3N3O8. The highest BCUT2D eigenvalue weighted by Crippen LogP contribution is 2.34. The first kappa shape index (κ1) is 35.1. The SMILES string of the molecule is COc1cc(NC(=O)c2cc(=O)c3ccccc3o2)c(C(=O)Nc2ccc(CCNC(C)C)cc2)cc1OC.O=C(O)C(F)(F)F. The summed E-state index contributed by atoms with van der Waals surface area (Å²) in [5.74, 6) is -3.50. The lowest BCUT2D eigenvalue weighted by molar-refractivity contribution is -0.192. The second-order valence-electron chi connectivity index (χ2n) is 9.99. The van der Waals surface area contributed by atoms with Crippen LogP contribution in [0.25, 0.3) is 11.0 Å². The lowest BCUT2D eigenvalue weighted by Gasteiger charge is -2.16. The highest BCUT2D eigenvalue weighted by atomic mass is 19.4. The molecule has 2 amide bonds. The predicted octanol–water partition coefficient (Wildman–Crippen LogP) is 5.49. The van der Waals surface area contributed by atoms with Crippen molar-refractivity contribution in [2.45, 2.75) is 32.5 Å². The Balaban J connectivity index is 0.000000738. The maximum atomic E-state index is 13.3. The van der Waals surface area contributed by atoms with Crippen molar-refractivity contribution in [2.75, 3.05) is 31.4 Å². The molecule has 0 spiro atoms. The van der Waals surface area contributed by atoms with Crippen molar-refractivity contribution in [2.24, 2.45) is 0 Å². The highest BCUT2D eigenvalue weighted by molar-refractivity contribution is 6.12. The fraction of sp³-hybridized carbons (Fsp3) is 0.250. The lowest BCUT2D eigenvalue weighted by Crippen LogP contribution is -2.24. The molecule has 11 nitrogen and oxygen atoms in total. The number of carboxylic acid groups (broad SMARTS) is 1. The van der Waals surface area contributed by atoms with Crippen LogP contribution in [0.4, 0.5) is 24.5 Å². The second kappa shape index (κ2) is 15.6. The van der Waals surface area contributed by atoms with Gasteiger partial charge in [0.25, 0.3) is 11.8 Å². The third-order valence-corrected chi connectivity index (χ3v) is 6.30. The summed E-state index contributed by atoms with van der Waals surface area (Å²) in [7, 11) is 2.90. The number of methoxy groups -OCH3 is 2. The predicted molar refractivity (Wildman–Crippen MR) is 165 cm³/mol. The Morgan fingerprint density at radius 2 is 1.50 bits per heavy atom. The van der Waals surface area contributed by atoms with Crippen molar-refractivity contribution in [3.8, 4) is 11.5 Å². The average Bonchev–Trinajstić information content (AvgIpc) is 3.01. The number of alkyl halides is 3. The van der Waals surface area contributed by atoms with Crippen LogP contribution < -0.4 is 30.9 Å². The van der Waals surface area contributed by atoms with Crippen molar-refractivity contribution in [1.82, 2.24) is 5.32 Å². The zero-order chi connectivity index (χ0) is 34.0. The van der Waals surface area contributed by atoms with E-state index in [1.54, 1.807) is 24.3 Å². The van der Waals surface area contributed by atoms with Gasteiger partial charge in [0.2, 0.25) is 0 Å². The molecule has 0 bridgehead atoms. The number of hydrogen-bond acceptors (Lipinski definition) is 8.